The first-order valence-corrected chi connectivity index (χ1v) is 6.70. The lowest BCUT2D eigenvalue weighted by Crippen LogP contribution is -2.38. The summed E-state index contributed by atoms with van der Waals surface area (Å²) in [6.45, 7) is 3.20. The van der Waals surface area contributed by atoms with Crippen LogP contribution in [0.25, 0.3) is 0 Å². The van der Waals surface area contributed by atoms with E-state index in [0.29, 0.717) is 5.92 Å². The molecule has 1 saturated carbocycles. The molecule has 0 aromatic heterocycles. The maximum absolute atomic E-state index is 9.53. The Morgan fingerprint density at radius 2 is 1.94 bits per heavy atom. The fourth-order valence-corrected chi connectivity index (χ4v) is 2.71. The highest BCUT2D eigenvalue weighted by atomic mass is 16.5. The molecule has 1 heterocycles. The van der Waals surface area contributed by atoms with Crippen LogP contribution in [0.15, 0.2) is 24.3 Å². The molecular weight excluding hydrogens is 224 g/mol. The third kappa shape index (κ3) is 2.27. The number of ether oxygens (including phenoxy) is 1. The van der Waals surface area contributed by atoms with Gasteiger partial charge in [-0.25, -0.2) is 0 Å². The van der Waals surface area contributed by atoms with Gasteiger partial charge in [0.2, 0.25) is 0 Å². The van der Waals surface area contributed by atoms with Gasteiger partial charge in [0.15, 0.2) is 0 Å². The molecule has 1 unspecified atom stereocenters. The van der Waals surface area contributed by atoms with E-state index in [2.05, 4.69) is 29.2 Å². The predicted molar refractivity (Wildman–Crippen MR) is 69.2 cm³/mol. The Morgan fingerprint density at radius 1 is 1.22 bits per heavy atom. The summed E-state index contributed by atoms with van der Waals surface area (Å²) < 4.78 is 5.37. The van der Waals surface area contributed by atoms with E-state index in [9.17, 15) is 5.26 Å². The topological polar surface area (TPSA) is 36.3 Å². The van der Waals surface area contributed by atoms with Crippen molar-refractivity contribution < 1.29 is 4.74 Å². The smallest absolute Gasteiger partial charge is 0.124 e. The largest absolute Gasteiger partial charge is 0.379 e. The van der Waals surface area contributed by atoms with Crippen molar-refractivity contribution in [3.8, 4) is 6.07 Å². The zero-order chi connectivity index (χ0) is 12.4. The summed E-state index contributed by atoms with van der Waals surface area (Å²) in [6.07, 6.45) is 2.55. The van der Waals surface area contributed by atoms with Crippen molar-refractivity contribution in [2.45, 2.75) is 24.8 Å². The number of morpholine rings is 1. The summed E-state index contributed by atoms with van der Waals surface area (Å²) in [5.41, 5.74) is 2.60. The van der Waals surface area contributed by atoms with Crippen LogP contribution >= 0.6 is 0 Å². The van der Waals surface area contributed by atoms with Crippen LogP contribution in [-0.4, -0.2) is 31.2 Å². The van der Waals surface area contributed by atoms with Crippen molar-refractivity contribution in [2.24, 2.45) is 0 Å². The molecule has 3 rings (SSSR count). The zero-order valence-electron chi connectivity index (χ0n) is 10.5. The summed E-state index contributed by atoms with van der Waals surface area (Å²) in [4.78, 5) is 2.24. The molecule has 1 aromatic carbocycles. The molecular formula is C15H18N2O. The fraction of sp³-hybridized carbons (Fsp3) is 0.533. The minimum Gasteiger partial charge on any atom is -0.379 e. The molecule has 1 aromatic rings. The van der Waals surface area contributed by atoms with Gasteiger partial charge in [-0.1, -0.05) is 24.3 Å². The van der Waals surface area contributed by atoms with E-state index < -0.39 is 0 Å². The molecule has 18 heavy (non-hydrogen) atoms. The van der Waals surface area contributed by atoms with Gasteiger partial charge < -0.3 is 4.74 Å². The monoisotopic (exact) mass is 242 g/mol. The lowest BCUT2D eigenvalue weighted by Gasteiger charge is -2.31. The molecule has 3 nitrogen and oxygen atoms in total. The van der Waals surface area contributed by atoms with Crippen molar-refractivity contribution in [1.82, 2.24) is 4.90 Å². The molecule has 1 aliphatic carbocycles. The third-order valence-corrected chi connectivity index (χ3v) is 3.84. The van der Waals surface area contributed by atoms with E-state index in [1.807, 2.05) is 6.07 Å². The first kappa shape index (κ1) is 11.7. The number of hydrogen-bond donors (Lipinski definition) is 0. The van der Waals surface area contributed by atoms with Gasteiger partial charge in [-0.2, -0.15) is 5.26 Å². The van der Waals surface area contributed by atoms with Gasteiger partial charge in [0.25, 0.3) is 0 Å². The van der Waals surface area contributed by atoms with Gasteiger partial charge >= 0.3 is 0 Å². The van der Waals surface area contributed by atoms with E-state index in [1.54, 1.807) is 0 Å². The van der Waals surface area contributed by atoms with Crippen LogP contribution in [0.1, 0.15) is 35.9 Å². The molecule has 1 saturated heterocycles. The Kier molecular flexibility index (Phi) is 3.31. The highest BCUT2D eigenvalue weighted by Crippen LogP contribution is 2.43. The van der Waals surface area contributed by atoms with E-state index >= 15 is 0 Å². The first-order chi connectivity index (χ1) is 8.90. The third-order valence-electron chi connectivity index (χ3n) is 3.84. The maximum Gasteiger partial charge on any atom is 0.124 e. The molecule has 0 spiro atoms. The van der Waals surface area contributed by atoms with Crippen LogP contribution < -0.4 is 0 Å². The second kappa shape index (κ2) is 5.09. The van der Waals surface area contributed by atoms with Gasteiger partial charge in [0.05, 0.1) is 19.3 Å². The van der Waals surface area contributed by atoms with Crippen molar-refractivity contribution >= 4 is 0 Å². The molecule has 2 fully saturated rings. The van der Waals surface area contributed by atoms with Crippen molar-refractivity contribution in [3.05, 3.63) is 35.4 Å². The van der Waals surface area contributed by atoms with E-state index in [0.717, 1.165) is 26.3 Å². The highest BCUT2D eigenvalue weighted by Gasteiger charge is 2.30. The second-order valence-electron chi connectivity index (χ2n) is 5.08. The normalized spacial score (nSPS) is 22.4. The summed E-state index contributed by atoms with van der Waals surface area (Å²) in [5, 5.41) is 9.53. The Bertz CT molecular complexity index is 456. The van der Waals surface area contributed by atoms with Crippen molar-refractivity contribution in [1.29, 1.82) is 5.26 Å². The molecule has 3 heteroatoms. The van der Waals surface area contributed by atoms with Gasteiger partial charge in [-0.05, 0) is 29.9 Å². The molecule has 2 aliphatic rings. The lowest BCUT2D eigenvalue weighted by molar-refractivity contribution is 0.0265. The van der Waals surface area contributed by atoms with Gasteiger partial charge in [0.1, 0.15) is 6.04 Å². The second-order valence-corrected chi connectivity index (χ2v) is 5.08. The maximum atomic E-state index is 9.53. The molecule has 94 valence electrons. The van der Waals surface area contributed by atoms with Gasteiger partial charge in [0, 0.05) is 13.1 Å². The number of hydrogen-bond acceptors (Lipinski definition) is 3. The SMILES string of the molecule is N#CC(c1ccccc1C1CC1)N1CCOCC1. The van der Waals surface area contributed by atoms with E-state index in [4.69, 9.17) is 4.74 Å². The standard InChI is InChI=1S/C15H18N2O/c16-11-15(17-7-9-18-10-8-17)14-4-2-1-3-13(14)12-5-6-12/h1-4,12,15H,5-10H2. The molecule has 0 bridgehead atoms. The van der Waals surface area contributed by atoms with Crippen molar-refractivity contribution in [3.63, 3.8) is 0 Å². The van der Waals surface area contributed by atoms with Crippen LogP contribution in [0.4, 0.5) is 0 Å². The highest BCUT2D eigenvalue weighted by molar-refractivity contribution is 5.38. The van der Waals surface area contributed by atoms with Crippen LogP contribution in [0.5, 0.6) is 0 Å². The summed E-state index contributed by atoms with van der Waals surface area (Å²) >= 11 is 0. The number of nitrogens with zero attached hydrogens (tertiary/aromatic N) is 2. The molecule has 0 radical (unpaired) electrons. The summed E-state index contributed by atoms with van der Waals surface area (Å²) in [7, 11) is 0. The van der Waals surface area contributed by atoms with Crippen LogP contribution in [-0.2, 0) is 4.74 Å². The van der Waals surface area contributed by atoms with Crippen LogP contribution in [0, 0.1) is 11.3 Å². The fourth-order valence-electron chi connectivity index (χ4n) is 2.71. The molecule has 1 atom stereocenters. The van der Waals surface area contributed by atoms with Crippen LogP contribution in [0.2, 0.25) is 0 Å². The Morgan fingerprint density at radius 3 is 2.61 bits per heavy atom. The summed E-state index contributed by atoms with van der Waals surface area (Å²) in [5.74, 6) is 0.693. The Hall–Kier alpha value is -1.37. The zero-order valence-corrected chi connectivity index (χ0v) is 10.5. The number of nitriles is 1. The number of benzene rings is 1. The lowest BCUT2D eigenvalue weighted by atomic mass is 9.96. The Labute approximate surface area is 108 Å². The molecule has 0 amide bonds. The Balaban J connectivity index is 1.88. The predicted octanol–water partition coefficient (Wildman–Crippen LogP) is 2.46. The van der Waals surface area contributed by atoms with Crippen LogP contribution in [0.3, 0.4) is 0 Å². The van der Waals surface area contributed by atoms with Gasteiger partial charge in [-0.15, -0.1) is 0 Å². The molecule has 0 N–H and O–H groups in total. The van der Waals surface area contributed by atoms with E-state index in [1.165, 1.54) is 24.0 Å². The summed E-state index contributed by atoms with van der Waals surface area (Å²) in [6, 6.07) is 10.8. The first-order valence-electron chi connectivity index (χ1n) is 6.70. The van der Waals surface area contributed by atoms with Crippen molar-refractivity contribution in [2.75, 3.05) is 26.3 Å². The van der Waals surface area contributed by atoms with Gasteiger partial charge in [-0.3, -0.25) is 4.90 Å². The van der Waals surface area contributed by atoms with E-state index in [-0.39, 0.29) is 6.04 Å². The minimum atomic E-state index is -0.106. The molecule has 1 aliphatic heterocycles. The average Bonchev–Trinajstić information content (AvgIpc) is 3.26. The average molecular weight is 242 g/mol. The number of rotatable bonds is 3. The quantitative estimate of drug-likeness (QED) is 0.817. The minimum absolute atomic E-state index is 0.106.